The second kappa shape index (κ2) is 7.19. The number of aromatic nitrogens is 2. The molecule has 2 aromatic rings. The molecule has 2 aromatic heterocycles. The predicted molar refractivity (Wildman–Crippen MR) is 88.4 cm³/mol. The molecule has 0 aromatic carbocycles. The topological polar surface area (TPSA) is 62.1 Å². The summed E-state index contributed by atoms with van der Waals surface area (Å²) in [7, 11) is -3.88. The summed E-state index contributed by atoms with van der Waals surface area (Å²) in [5.41, 5.74) is 4.74. The molecule has 2 heterocycles. The van der Waals surface area contributed by atoms with Crippen LogP contribution in [0.3, 0.4) is 0 Å². The van der Waals surface area contributed by atoms with Gasteiger partial charge in [0.2, 0.25) is 0 Å². The molecule has 124 valence electrons. The molecule has 0 atom stereocenters. The third kappa shape index (κ3) is 4.84. The molecular weight excluding hydrogens is 312 g/mol. The van der Waals surface area contributed by atoms with Crippen LogP contribution in [-0.4, -0.2) is 18.7 Å². The van der Waals surface area contributed by atoms with Crippen LogP contribution in [0.2, 0.25) is 0 Å². The van der Waals surface area contributed by atoms with Crippen molar-refractivity contribution in [1.29, 1.82) is 0 Å². The Labute approximate surface area is 138 Å². The summed E-state index contributed by atoms with van der Waals surface area (Å²) < 4.78 is 34.4. The van der Waals surface area contributed by atoms with E-state index in [0.717, 1.165) is 12.1 Å². The molecule has 5 nitrogen and oxygen atoms in total. The molecule has 23 heavy (non-hydrogen) atoms. The summed E-state index contributed by atoms with van der Waals surface area (Å²) in [4.78, 5) is 0. The Morgan fingerprint density at radius 2 is 1.52 bits per heavy atom. The summed E-state index contributed by atoms with van der Waals surface area (Å²) in [5, 5.41) is 0. The van der Waals surface area contributed by atoms with Gasteiger partial charge in [-0.05, 0) is 31.9 Å². The van der Waals surface area contributed by atoms with E-state index in [-0.39, 0.29) is 5.75 Å². The van der Waals surface area contributed by atoms with E-state index in [2.05, 4.69) is 49.9 Å². The molecule has 6 heteroatoms. The highest BCUT2D eigenvalue weighted by Gasteiger charge is 2.13. The first-order valence-electron chi connectivity index (χ1n) is 7.75. The second-order valence-corrected chi connectivity index (χ2v) is 7.36. The fourth-order valence-electron chi connectivity index (χ4n) is 2.70. The van der Waals surface area contributed by atoms with Crippen LogP contribution in [0.25, 0.3) is 11.1 Å². The monoisotopic (exact) mass is 336 g/mol. The smallest absolute Gasteiger partial charge is 0.265 e. The number of hydrogen-bond donors (Lipinski definition) is 1. The van der Waals surface area contributed by atoms with Crippen LogP contribution < -0.4 is 9.13 Å². The first-order valence-corrected chi connectivity index (χ1v) is 9.36. The van der Waals surface area contributed by atoms with Crippen molar-refractivity contribution in [3.05, 3.63) is 48.0 Å². The van der Waals surface area contributed by atoms with Crippen LogP contribution in [0.4, 0.5) is 0 Å². The largest absolute Gasteiger partial charge is 0.286 e. The van der Waals surface area contributed by atoms with E-state index < -0.39 is 10.1 Å². The molecular formula is C17H24N2O3S+2. The molecule has 0 amide bonds. The number of aryl methyl sites for hydroxylation is 4. The van der Waals surface area contributed by atoms with E-state index >= 15 is 0 Å². The molecule has 1 N–H and O–H groups in total. The average Bonchev–Trinajstić information content (AvgIpc) is 2.46. The van der Waals surface area contributed by atoms with Gasteiger partial charge in [0.1, 0.15) is 13.1 Å². The van der Waals surface area contributed by atoms with Gasteiger partial charge in [0.05, 0.1) is 5.75 Å². The first-order chi connectivity index (χ1) is 10.8. The van der Waals surface area contributed by atoms with E-state index in [0.29, 0.717) is 13.0 Å². The summed E-state index contributed by atoms with van der Waals surface area (Å²) in [5.74, 6) is -0.213. The molecule has 0 aliphatic rings. The fraction of sp³-hybridized carbons (Fsp3) is 0.412. The van der Waals surface area contributed by atoms with Crippen LogP contribution in [0.15, 0.2) is 36.9 Å². The van der Waals surface area contributed by atoms with E-state index in [9.17, 15) is 8.42 Å². The molecule has 0 spiro atoms. The minimum absolute atomic E-state index is 0.213. The van der Waals surface area contributed by atoms with Crippen molar-refractivity contribution in [3.63, 3.8) is 0 Å². The number of hydrogen-bond acceptors (Lipinski definition) is 2. The molecule has 0 unspecified atom stereocenters. The van der Waals surface area contributed by atoms with Gasteiger partial charge in [-0.25, -0.2) is 9.13 Å². The molecule has 0 aliphatic heterocycles. The number of nitrogens with zero attached hydrogens (tertiary/aromatic N) is 2. The van der Waals surface area contributed by atoms with Gasteiger partial charge in [0.25, 0.3) is 10.1 Å². The zero-order valence-corrected chi connectivity index (χ0v) is 14.7. The standard InChI is InChI=1S/C17H23N2O3S/c1-4-18-9-6-16(14(2)12-18)17-7-10-19(13-15(17)3)8-5-11-23(20,21)22/h6-7,9-10,12-13H,4-5,8,11H2,1-3H3/q+1/p+1. The van der Waals surface area contributed by atoms with Crippen molar-refractivity contribution in [1.82, 2.24) is 0 Å². The Bertz CT molecular complexity index is 801. The van der Waals surface area contributed by atoms with Gasteiger partial charge in [-0.3, -0.25) is 4.55 Å². The average molecular weight is 336 g/mol. The van der Waals surface area contributed by atoms with Gasteiger partial charge in [-0.2, -0.15) is 8.42 Å². The summed E-state index contributed by atoms with van der Waals surface area (Å²) in [6.45, 7) is 7.78. The van der Waals surface area contributed by atoms with Crippen molar-refractivity contribution in [2.45, 2.75) is 40.3 Å². The SMILES string of the molecule is CC[n+]1ccc(-c2cc[n+](CCCS(=O)(=O)O)cc2C)c(C)c1. The maximum atomic E-state index is 10.8. The first kappa shape index (κ1) is 17.6. The molecule has 0 fully saturated rings. The van der Waals surface area contributed by atoms with Gasteiger partial charge in [-0.1, -0.05) is 0 Å². The van der Waals surface area contributed by atoms with Crippen LogP contribution in [-0.2, 0) is 23.2 Å². The lowest BCUT2D eigenvalue weighted by molar-refractivity contribution is -0.697. The van der Waals surface area contributed by atoms with Crippen LogP contribution >= 0.6 is 0 Å². The summed E-state index contributed by atoms with van der Waals surface area (Å²) >= 11 is 0. The normalized spacial score (nSPS) is 11.7. The lowest BCUT2D eigenvalue weighted by Crippen LogP contribution is -2.34. The zero-order chi connectivity index (χ0) is 17.0. The van der Waals surface area contributed by atoms with Crippen LogP contribution in [0, 0.1) is 13.8 Å². The van der Waals surface area contributed by atoms with Crippen molar-refractivity contribution >= 4 is 10.1 Å². The maximum absolute atomic E-state index is 10.8. The van der Waals surface area contributed by atoms with Crippen LogP contribution in [0.5, 0.6) is 0 Å². The Kier molecular flexibility index (Phi) is 5.49. The molecule has 0 radical (unpaired) electrons. The van der Waals surface area contributed by atoms with Gasteiger partial charge in [-0.15, -0.1) is 0 Å². The predicted octanol–water partition coefficient (Wildman–Crippen LogP) is 1.84. The number of pyridine rings is 2. The van der Waals surface area contributed by atoms with E-state index in [1.807, 2.05) is 17.0 Å². The molecule has 0 bridgehead atoms. The zero-order valence-electron chi connectivity index (χ0n) is 13.9. The van der Waals surface area contributed by atoms with Gasteiger partial charge in [0.15, 0.2) is 24.8 Å². The molecule has 0 saturated heterocycles. The van der Waals surface area contributed by atoms with Gasteiger partial charge < -0.3 is 0 Å². The summed E-state index contributed by atoms with van der Waals surface area (Å²) in [6.07, 6.45) is 8.58. The molecule has 0 saturated carbocycles. The molecule has 2 rings (SSSR count). The minimum atomic E-state index is -3.88. The maximum Gasteiger partial charge on any atom is 0.265 e. The highest BCUT2D eigenvalue weighted by Crippen LogP contribution is 2.24. The quantitative estimate of drug-likeness (QED) is 0.647. The Hall–Kier alpha value is -1.79. The Morgan fingerprint density at radius 3 is 2.00 bits per heavy atom. The highest BCUT2D eigenvalue weighted by molar-refractivity contribution is 7.85. The molecule has 0 aliphatic carbocycles. The van der Waals surface area contributed by atoms with E-state index in [1.54, 1.807) is 0 Å². The highest BCUT2D eigenvalue weighted by atomic mass is 32.2. The van der Waals surface area contributed by atoms with E-state index in [4.69, 9.17) is 4.55 Å². The summed E-state index contributed by atoms with van der Waals surface area (Å²) in [6, 6.07) is 4.19. The Morgan fingerprint density at radius 1 is 1.00 bits per heavy atom. The third-order valence-corrected chi connectivity index (χ3v) is 4.71. The lowest BCUT2D eigenvalue weighted by atomic mass is 10.00. The van der Waals surface area contributed by atoms with Crippen molar-refractivity contribution in [2.75, 3.05) is 5.75 Å². The van der Waals surface area contributed by atoms with E-state index in [1.165, 1.54) is 16.7 Å². The fourth-order valence-corrected chi connectivity index (χ4v) is 3.19. The van der Waals surface area contributed by atoms with Gasteiger partial charge >= 0.3 is 0 Å². The Balaban J connectivity index is 2.19. The van der Waals surface area contributed by atoms with Crippen molar-refractivity contribution < 1.29 is 22.1 Å². The van der Waals surface area contributed by atoms with Crippen molar-refractivity contribution in [3.8, 4) is 11.1 Å². The lowest BCUT2D eigenvalue weighted by Gasteiger charge is -2.07. The third-order valence-electron chi connectivity index (χ3n) is 3.91. The number of rotatable bonds is 6. The second-order valence-electron chi connectivity index (χ2n) is 5.79. The minimum Gasteiger partial charge on any atom is -0.286 e. The van der Waals surface area contributed by atoms with Gasteiger partial charge in [0, 0.05) is 29.7 Å². The van der Waals surface area contributed by atoms with Crippen molar-refractivity contribution in [2.24, 2.45) is 0 Å². The van der Waals surface area contributed by atoms with Crippen LogP contribution in [0.1, 0.15) is 24.5 Å².